The molecule has 0 amide bonds. The zero-order valence-electron chi connectivity index (χ0n) is 9.24. The van der Waals surface area contributed by atoms with Gasteiger partial charge in [0.15, 0.2) is 6.79 Å². The van der Waals surface area contributed by atoms with Crippen LogP contribution in [0.5, 0.6) is 5.75 Å². The van der Waals surface area contributed by atoms with E-state index >= 15 is 0 Å². The maximum absolute atomic E-state index is 13.3. The fourth-order valence-electron chi connectivity index (χ4n) is 1.87. The Balaban J connectivity index is 2.14. The van der Waals surface area contributed by atoms with Crippen LogP contribution < -0.4 is 4.74 Å². The highest BCUT2D eigenvalue weighted by Crippen LogP contribution is 2.30. The number of fused-ring (bicyclic) bond motifs is 1. The molecular formula is C12H13FO4. The number of ether oxygens (including phenoxy) is 2. The monoisotopic (exact) mass is 240 g/mol. The van der Waals surface area contributed by atoms with Crippen molar-refractivity contribution in [2.24, 2.45) is 0 Å². The van der Waals surface area contributed by atoms with Crippen LogP contribution in [0.4, 0.5) is 4.39 Å². The fraction of sp³-hybridized carbons (Fsp3) is 0.417. The van der Waals surface area contributed by atoms with Crippen molar-refractivity contribution in [2.75, 3.05) is 6.79 Å². The molecule has 0 bridgehead atoms. The number of carboxylic acids is 1. The van der Waals surface area contributed by atoms with Crippen LogP contribution in [-0.2, 0) is 22.6 Å². The maximum Gasteiger partial charge on any atom is 0.303 e. The van der Waals surface area contributed by atoms with Gasteiger partial charge in [0, 0.05) is 12.0 Å². The van der Waals surface area contributed by atoms with E-state index in [-0.39, 0.29) is 19.0 Å². The van der Waals surface area contributed by atoms with Gasteiger partial charge in [-0.05, 0) is 30.5 Å². The average molecular weight is 240 g/mol. The first-order chi connectivity index (χ1) is 8.16. The molecule has 92 valence electrons. The van der Waals surface area contributed by atoms with Gasteiger partial charge in [-0.15, -0.1) is 0 Å². The minimum Gasteiger partial charge on any atom is -0.481 e. The van der Waals surface area contributed by atoms with Gasteiger partial charge in [0.05, 0.1) is 6.61 Å². The Hall–Kier alpha value is -1.62. The van der Waals surface area contributed by atoms with Crippen molar-refractivity contribution in [3.8, 4) is 5.75 Å². The number of halogens is 1. The molecule has 0 spiro atoms. The van der Waals surface area contributed by atoms with Crippen molar-refractivity contribution >= 4 is 5.97 Å². The molecule has 4 nitrogen and oxygen atoms in total. The number of aliphatic carboxylic acids is 1. The SMILES string of the molecule is O=C(O)CCCc1cc(F)cc2c1OCOC2. The van der Waals surface area contributed by atoms with Crippen LogP contribution in [0.3, 0.4) is 0 Å². The Morgan fingerprint density at radius 3 is 3.06 bits per heavy atom. The smallest absolute Gasteiger partial charge is 0.303 e. The normalized spacial score (nSPS) is 13.9. The first kappa shape index (κ1) is 11.9. The van der Waals surface area contributed by atoms with Gasteiger partial charge in [0.2, 0.25) is 0 Å². The van der Waals surface area contributed by atoms with Gasteiger partial charge in [0.25, 0.3) is 0 Å². The predicted molar refractivity (Wildman–Crippen MR) is 57.3 cm³/mol. The summed E-state index contributed by atoms with van der Waals surface area (Å²) in [6, 6.07) is 2.78. The molecule has 0 saturated heterocycles. The Bertz CT molecular complexity index is 431. The highest BCUT2D eigenvalue weighted by atomic mass is 19.1. The van der Waals surface area contributed by atoms with E-state index in [1.807, 2.05) is 0 Å². The zero-order valence-corrected chi connectivity index (χ0v) is 9.24. The molecule has 0 fully saturated rings. The fourth-order valence-corrected chi connectivity index (χ4v) is 1.87. The van der Waals surface area contributed by atoms with E-state index in [0.717, 1.165) is 0 Å². The maximum atomic E-state index is 13.3. The van der Waals surface area contributed by atoms with Gasteiger partial charge in [-0.3, -0.25) is 4.79 Å². The van der Waals surface area contributed by atoms with Crippen molar-refractivity contribution in [1.29, 1.82) is 0 Å². The Morgan fingerprint density at radius 2 is 2.29 bits per heavy atom. The Kier molecular flexibility index (Phi) is 3.58. The average Bonchev–Trinajstić information content (AvgIpc) is 2.28. The molecule has 1 aliphatic rings. The van der Waals surface area contributed by atoms with Crippen LogP contribution in [0.25, 0.3) is 0 Å². The summed E-state index contributed by atoms with van der Waals surface area (Å²) >= 11 is 0. The van der Waals surface area contributed by atoms with Crippen LogP contribution >= 0.6 is 0 Å². The lowest BCUT2D eigenvalue weighted by molar-refractivity contribution is -0.137. The lowest BCUT2D eigenvalue weighted by atomic mass is 10.0. The number of benzene rings is 1. The van der Waals surface area contributed by atoms with E-state index in [1.165, 1.54) is 12.1 Å². The van der Waals surface area contributed by atoms with E-state index < -0.39 is 5.97 Å². The quantitative estimate of drug-likeness (QED) is 0.875. The van der Waals surface area contributed by atoms with Gasteiger partial charge < -0.3 is 14.6 Å². The topological polar surface area (TPSA) is 55.8 Å². The molecule has 0 aromatic heterocycles. The third-order valence-electron chi connectivity index (χ3n) is 2.59. The molecule has 1 aliphatic heterocycles. The van der Waals surface area contributed by atoms with Crippen LogP contribution in [0.1, 0.15) is 24.0 Å². The summed E-state index contributed by atoms with van der Waals surface area (Å²) in [4.78, 5) is 10.4. The molecule has 2 rings (SSSR count). The molecular weight excluding hydrogens is 227 g/mol. The lowest BCUT2D eigenvalue weighted by Crippen LogP contribution is -2.13. The summed E-state index contributed by atoms with van der Waals surface area (Å²) in [5.74, 6) is -0.550. The molecule has 0 saturated carbocycles. The van der Waals surface area contributed by atoms with E-state index in [1.54, 1.807) is 0 Å². The highest BCUT2D eigenvalue weighted by molar-refractivity contribution is 5.66. The van der Waals surface area contributed by atoms with Crippen molar-refractivity contribution < 1.29 is 23.8 Å². The first-order valence-electron chi connectivity index (χ1n) is 5.40. The zero-order chi connectivity index (χ0) is 12.3. The molecule has 1 N–H and O–H groups in total. The van der Waals surface area contributed by atoms with Crippen molar-refractivity contribution in [3.05, 3.63) is 29.1 Å². The second-order valence-corrected chi connectivity index (χ2v) is 3.91. The molecule has 0 unspecified atom stereocenters. The predicted octanol–water partition coefficient (Wildman–Crippen LogP) is 2.10. The van der Waals surface area contributed by atoms with E-state index in [2.05, 4.69) is 0 Å². The molecule has 0 atom stereocenters. The van der Waals surface area contributed by atoms with Crippen LogP contribution in [0.15, 0.2) is 12.1 Å². The minimum atomic E-state index is -0.848. The summed E-state index contributed by atoms with van der Waals surface area (Å²) in [6.07, 6.45) is 1.03. The number of carboxylic acid groups (broad SMARTS) is 1. The molecule has 5 heteroatoms. The standard InChI is InChI=1S/C12H13FO4/c13-10-4-8(2-1-3-11(14)15)12-9(5-10)6-16-7-17-12/h4-5H,1-3,6-7H2,(H,14,15). The minimum absolute atomic E-state index is 0.0712. The number of carbonyl (C=O) groups is 1. The molecule has 0 aliphatic carbocycles. The number of aryl methyl sites for hydroxylation is 1. The molecule has 1 aromatic carbocycles. The molecule has 0 radical (unpaired) electrons. The van der Waals surface area contributed by atoms with Crippen molar-refractivity contribution in [1.82, 2.24) is 0 Å². The van der Waals surface area contributed by atoms with Gasteiger partial charge >= 0.3 is 5.97 Å². The van der Waals surface area contributed by atoms with Crippen LogP contribution in [0, 0.1) is 5.82 Å². The van der Waals surface area contributed by atoms with Gasteiger partial charge in [0.1, 0.15) is 11.6 Å². The number of rotatable bonds is 4. The number of hydrogen-bond donors (Lipinski definition) is 1. The second-order valence-electron chi connectivity index (χ2n) is 3.91. The van der Waals surface area contributed by atoms with Gasteiger partial charge in [-0.25, -0.2) is 4.39 Å². The van der Waals surface area contributed by atoms with Crippen molar-refractivity contribution in [3.63, 3.8) is 0 Å². The second kappa shape index (κ2) is 5.14. The lowest BCUT2D eigenvalue weighted by Gasteiger charge is -2.20. The summed E-state index contributed by atoms with van der Waals surface area (Å²) < 4.78 is 23.7. The summed E-state index contributed by atoms with van der Waals surface area (Å²) in [6.45, 7) is 0.490. The van der Waals surface area contributed by atoms with Gasteiger partial charge in [-0.1, -0.05) is 0 Å². The highest BCUT2D eigenvalue weighted by Gasteiger charge is 2.16. The van der Waals surface area contributed by atoms with Crippen molar-refractivity contribution in [2.45, 2.75) is 25.9 Å². The number of hydrogen-bond acceptors (Lipinski definition) is 3. The Morgan fingerprint density at radius 1 is 1.47 bits per heavy atom. The largest absolute Gasteiger partial charge is 0.481 e. The van der Waals surface area contributed by atoms with Gasteiger partial charge in [-0.2, -0.15) is 0 Å². The third-order valence-corrected chi connectivity index (χ3v) is 2.59. The summed E-state index contributed by atoms with van der Waals surface area (Å²) in [5, 5.41) is 8.56. The van der Waals surface area contributed by atoms with Crippen LogP contribution in [-0.4, -0.2) is 17.9 Å². The van der Waals surface area contributed by atoms with E-state index in [9.17, 15) is 9.18 Å². The summed E-state index contributed by atoms with van der Waals surface area (Å²) in [7, 11) is 0. The third kappa shape index (κ3) is 2.94. The Labute approximate surface area is 98.0 Å². The first-order valence-corrected chi connectivity index (χ1v) is 5.40. The molecule has 17 heavy (non-hydrogen) atoms. The summed E-state index contributed by atoms with van der Waals surface area (Å²) in [5.41, 5.74) is 1.39. The van der Waals surface area contributed by atoms with E-state index in [0.29, 0.717) is 36.3 Å². The molecule has 1 heterocycles. The van der Waals surface area contributed by atoms with E-state index in [4.69, 9.17) is 14.6 Å². The molecule has 1 aromatic rings. The van der Waals surface area contributed by atoms with Crippen LogP contribution in [0.2, 0.25) is 0 Å².